The number of benzene rings is 1. The molecule has 1 rings (SSSR count). The van der Waals surface area contributed by atoms with Gasteiger partial charge in [-0.15, -0.1) is 0 Å². The molecule has 1 aromatic rings. The lowest BCUT2D eigenvalue weighted by Gasteiger charge is -2.37. The van der Waals surface area contributed by atoms with Crippen LogP contribution in [0.15, 0.2) is 24.3 Å². The number of likely N-dealkylation sites (N-methyl/N-ethyl adjacent to an activating group) is 1. The Balaban J connectivity index is 3.13. The standard InChI is InChI=1S/C17H28N2O/c1-12(2)11-14-7-9-15(10-8-14)17(4,16(18)20)13(3)19(5)6/h7-10,12-13H,11H2,1-6H3,(H2,18,20). The molecule has 20 heavy (non-hydrogen) atoms. The third-order valence-corrected chi connectivity index (χ3v) is 4.32. The van der Waals surface area contributed by atoms with Gasteiger partial charge in [0.15, 0.2) is 0 Å². The van der Waals surface area contributed by atoms with E-state index in [1.54, 1.807) is 0 Å². The zero-order valence-corrected chi connectivity index (χ0v) is 13.6. The number of amides is 1. The van der Waals surface area contributed by atoms with Crippen LogP contribution in [0.2, 0.25) is 0 Å². The predicted octanol–water partition coefficient (Wildman–Crippen LogP) is 2.58. The molecule has 0 spiro atoms. The van der Waals surface area contributed by atoms with E-state index in [1.165, 1.54) is 5.56 Å². The summed E-state index contributed by atoms with van der Waals surface area (Å²) in [5.74, 6) is 0.347. The lowest BCUT2D eigenvalue weighted by atomic mass is 9.75. The highest BCUT2D eigenvalue weighted by Gasteiger charge is 2.40. The highest BCUT2D eigenvalue weighted by molar-refractivity contribution is 5.87. The molecule has 1 amide bonds. The van der Waals surface area contributed by atoms with Gasteiger partial charge in [-0.25, -0.2) is 0 Å². The molecule has 2 unspecified atom stereocenters. The summed E-state index contributed by atoms with van der Waals surface area (Å²) in [7, 11) is 3.94. The Labute approximate surface area is 123 Å². The third kappa shape index (κ3) is 3.40. The molecule has 2 atom stereocenters. The molecule has 0 aliphatic heterocycles. The molecule has 0 aliphatic carbocycles. The lowest BCUT2D eigenvalue weighted by molar-refractivity contribution is -0.125. The number of rotatable bonds is 6. The van der Waals surface area contributed by atoms with Crippen molar-refractivity contribution >= 4 is 5.91 Å². The molecular weight excluding hydrogens is 248 g/mol. The number of hydrogen-bond donors (Lipinski definition) is 1. The number of nitrogens with zero attached hydrogens (tertiary/aromatic N) is 1. The van der Waals surface area contributed by atoms with Crippen LogP contribution in [0.1, 0.15) is 38.8 Å². The van der Waals surface area contributed by atoms with E-state index in [9.17, 15) is 4.79 Å². The summed E-state index contributed by atoms with van der Waals surface area (Å²) in [6.07, 6.45) is 1.05. The van der Waals surface area contributed by atoms with Crippen molar-refractivity contribution in [2.45, 2.75) is 45.6 Å². The highest BCUT2D eigenvalue weighted by atomic mass is 16.1. The van der Waals surface area contributed by atoms with Gasteiger partial charge in [0, 0.05) is 6.04 Å². The SMILES string of the molecule is CC(C)Cc1ccc(C(C)(C(N)=O)C(C)N(C)C)cc1. The molecule has 0 heterocycles. The average Bonchev–Trinajstić information content (AvgIpc) is 2.36. The predicted molar refractivity (Wildman–Crippen MR) is 84.7 cm³/mol. The molecule has 112 valence electrons. The van der Waals surface area contributed by atoms with Crippen LogP contribution in [-0.4, -0.2) is 30.9 Å². The number of carbonyl (C=O) groups excluding carboxylic acids is 1. The first kappa shape index (κ1) is 16.7. The molecule has 0 aromatic heterocycles. The maximum absolute atomic E-state index is 12.0. The molecule has 0 aliphatic rings. The molecule has 0 radical (unpaired) electrons. The molecular formula is C17H28N2O. The second-order valence-electron chi connectivity index (χ2n) is 6.50. The fraction of sp³-hybridized carbons (Fsp3) is 0.588. The Morgan fingerprint density at radius 2 is 1.70 bits per heavy atom. The summed E-state index contributed by atoms with van der Waals surface area (Å²) in [6.45, 7) is 8.37. The summed E-state index contributed by atoms with van der Waals surface area (Å²) in [5.41, 5.74) is 7.30. The lowest BCUT2D eigenvalue weighted by Crippen LogP contribution is -2.52. The van der Waals surface area contributed by atoms with Crippen molar-refractivity contribution in [2.75, 3.05) is 14.1 Å². The van der Waals surface area contributed by atoms with Gasteiger partial charge in [-0.3, -0.25) is 4.79 Å². The van der Waals surface area contributed by atoms with Crippen molar-refractivity contribution in [3.63, 3.8) is 0 Å². The molecule has 0 fully saturated rings. The molecule has 1 aromatic carbocycles. The van der Waals surface area contributed by atoms with Crippen LogP contribution in [-0.2, 0) is 16.6 Å². The van der Waals surface area contributed by atoms with Crippen molar-refractivity contribution < 1.29 is 4.79 Å². The Kier molecular flexibility index (Phi) is 5.35. The number of nitrogens with two attached hydrogens (primary N) is 1. The quantitative estimate of drug-likeness (QED) is 0.868. The van der Waals surface area contributed by atoms with Gasteiger partial charge < -0.3 is 10.6 Å². The summed E-state index contributed by atoms with van der Waals surface area (Å²) < 4.78 is 0. The van der Waals surface area contributed by atoms with Gasteiger partial charge in [0.05, 0.1) is 5.41 Å². The monoisotopic (exact) mass is 276 g/mol. The highest BCUT2D eigenvalue weighted by Crippen LogP contribution is 2.30. The van der Waals surface area contributed by atoms with E-state index in [4.69, 9.17) is 5.73 Å². The van der Waals surface area contributed by atoms with Crippen molar-refractivity contribution in [1.82, 2.24) is 4.90 Å². The maximum atomic E-state index is 12.0. The van der Waals surface area contributed by atoms with Crippen LogP contribution in [0.5, 0.6) is 0 Å². The van der Waals surface area contributed by atoms with Crippen LogP contribution in [0, 0.1) is 5.92 Å². The first-order valence-electron chi connectivity index (χ1n) is 7.25. The minimum absolute atomic E-state index is 0.0379. The summed E-state index contributed by atoms with van der Waals surface area (Å²) in [4.78, 5) is 14.1. The van der Waals surface area contributed by atoms with E-state index < -0.39 is 5.41 Å². The second-order valence-corrected chi connectivity index (χ2v) is 6.50. The summed E-state index contributed by atoms with van der Waals surface area (Å²) in [5, 5.41) is 0. The minimum atomic E-state index is -0.681. The van der Waals surface area contributed by atoms with E-state index in [-0.39, 0.29) is 11.9 Å². The van der Waals surface area contributed by atoms with Crippen LogP contribution in [0.3, 0.4) is 0 Å². The van der Waals surface area contributed by atoms with Crippen molar-refractivity contribution in [1.29, 1.82) is 0 Å². The fourth-order valence-electron chi connectivity index (χ4n) is 2.56. The van der Waals surface area contributed by atoms with E-state index in [0.717, 1.165) is 12.0 Å². The van der Waals surface area contributed by atoms with Crippen LogP contribution < -0.4 is 5.73 Å². The van der Waals surface area contributed by atoms with Gasteiger partial charge in [-0.2, -0.15) is 0 Å². The smallest absolute Gasteiger partial charge is 0.229 e. The Morgan fingerprint density at radius 3 is 2.05 bits per heavy atom. The van der Waals surface area contributed by atoms with E-state index in [2.05, 4.69) is 26.0 Å². The van der Waals surface area contributed by atoms with Crippen molar-refractivity contribution in [3.8, 4) is 0 Å². The Morgan fingerprint density at radius 1 is 1.20 bits per heavy atom. The summed E-state index contributed by atoms with van der Waals surface area (Å²) >= 11 is 0. The van der Waals surface area contributed by atoms with E-state index in [0.29, 0.717) is 5.92 Å². The zero-order chi connectivity index (χ0) is 15.5. The average molecular weight is 276 g/mol. The maximum Gasteiger partial charge on any atom is 0.229 e. The number of carbonyl (C=O) groups is 1. The Hall–Kier alpha value is -1.35. The van der Waals surface area contributed by atoms with Gasteiger partial charge in [0.1, 0.15) is 0 Å². The Bertz CT molecular complexity index is 451. The van der Waals surface area contributed by atoms with Crippen molar-refractivity contribution in [3.05, 3.63) is 35.4 Å². The second kappa shape index (κ2) is 6.40. The van der Waals surface area contributed by atoms with Gasteiger partial charge in [-0.1, -0.05) is 38.1 Å². The third-order valence-electron chi connectivity index (χ3n) is 4.32. The molecule has 0 saturated carbocycles. The largest absolute Gasteiger partial charge is 0.369 e. The minimum Gasteiger partial charge on any atom is -0.369 e. The first-order chi connectivity index (χ1) is 9.19. The zero-order valence-electron chi connectivity index (χ0n) is 13.6. The summed E-state index contributed by atoms with van der Waals surface area (Å²) in [6, 6.07) is 8.35. The van der Waals surface area contributed by atoms with Gasteiger partial charge in [-0.05, 0) is 51.4 Å². The van der Waals surface area contributed by atoms with Crippen molar-refractivity contribution in [2.24, 2.45) is 11.7 Å². The van der Waals surface area contributed by atoms with E-state index >= 15 is 0 Å². The first-order valence-corrected chi connectivity index (χ1v) is 7.25. The molecule has 0 saturated heterocycles. The fourth-order valence-corrected chi connectivity index (χ4v) is 2.56. The number of primary amides is 1. The molecule has 0 bridgehead atoms. The molecule has 3 heteroatoms. The molecule has 2 N–H and O–H groups in total. The van der Waals surface area contributed by atoms with Crippen LogP contribution in [0.25, 0.3) is 0 Å². The van der Waals surface area contributed by atoms with Gasteiger partial charge in [0.2, 0.25) is 5.91 Å². The topological polar surface area (TPSA) is 46.3 Å². The number of hydrogen-bond acceptors (Lipinski definition) is 2. The van der Waals surface area contributed by atoms with E-state index in [1.807, 2.05) is 45.0 Å². The van der Waals surface area contributed by atoms with Crippen LogP contribution in [0.4, 0.5) is 0 Å². The van der Waals surface area contributed by atoms with Gasteiger partial charge in [0.25, 0.3) is 0 Å². The van der Waals surface area contributed by atoms with Crippen LogP contribution >= 0.6 is 0 Å². The normalized spacial score (nSPS) is 16.2. The molecule has 3 nitrogen and oxygen atoms in total. The van der Waals surface area contributed by atoms with Gasteiger partial charge >= 0.3 is 0 Å².